The van der Waals surface area contributed by atoms with Crippen molar-refractivity contribution in [1.82, 2.24) is 4.90 Å². The van der Waals surface area contributed by atoms with Gasteiger partial charge in [-0.05, 0) is 32.6 Å². The standard InChI is InChI=1S/C12H21NO4/c1-9(2)17-8-11(14)13-5-3-10(4-6-13)7-12(15)16/h9-10H,3-8H2,1-2H3,(H,15,16). The third-order valence-electron chi connectivity index (χ3n) is 2.97. The van der Waals surface area contributed by atoms with Crippen LogP contribution in [0.2, 0.25) is 0 Å². The lowest BCUT2D eigenvalue weighted by Gasteiger charge is -2.31. The fraction of sp³-hybridized carbons (Fsp3) is 0.833. The summed E-state index contributed by atoms with van der Waals surface area (Å²) in [5.41, 5.74) is 0. The second-order valence-corrected chi connectivity index (χ2v) is 4.78. The normalized spacial score (nSPS) is 17.5. The molecule has 5 nitrogen and oxygen atoms in total. The lowest BCUT2D eigenvalue weighted by molar-refractivity contribution is -0.140. The Bertz CT molecular complexity index is 270. The number of carbonyl (C=O) groups is 2. The molecule has 1 rings (SSSR count). The van der Waals surface area contributed by atoms with Gasteiger partial charge in [0.05, 0.1) is 6.10 Å². The fourth-order valence-corrected chi connectivity index (χ4v) is 1.96. The van der Waals surface area contributed by atoms with Crippen LogP contribution in [0.25, 0.3) is 0 Å². The Morgan fingerprint density at radius 1 is 1.35 bits per heavy atom. The SMILES string of the molecule is CC(C)OCC(=O)N1CCC(CC(=O)O)CC1. The molecule has 1 heterocycles. The zero-order valence-corrected chi connectivity index (χ0v) is 10.5. The monoisotopic (exact) mass is 243 g/mol. The minimum absolute atomic E-state index is 0.00692. The predicted octanol–water partition coefficient (Wildman–Crippen LogP) is 1.12. The zero-order chi connectivity index (χ0) is 12.8. The van der Waals surface area contributed by atoms with Gasteiger partial charge in [0.1, 0.15) is 6.61 Å². The molecule has 5 heteroatoms. The number of rotatable bonds is 5. The van der Waals surface area contributed by atoms with Crippen LogP contribution in [0.5, 0.6) is 0 Å². The molecule has 0 unspecified atom stereocenters. The van der Waals surface area contributed by atoms with E-state index >= 15 is 0 Å². The molecule has 1 aliphatic rings. The van der Waals surface area contributed by atoms with Crippen molar-refractivity contribution in [2.75, 3.05) is 19.7 Å². The van der Waals surface area contributed by atoms with Crippen molar-refractivity contribution in [2.24, 2.45) is 5.92 Å². The average Bonchev–Trinajstić information content (AvgIpc) is 2.26. The number of aliphatic carboxylic acids is 1. The van der Waals surface area contributed by atoms with Crippen LogP contribution >= 0.6 is 0 Å². The summed E-state index contributed by atoms with van der Waals surface area (Å²) in [7, 11) is 0. The molecule has 0 atom stereocenters. The van der Waals surface area contributed by atoms with Crippen LogP contribution in [-0.4, -0.2) is 47.7 Å². The van der Waals surface area contributed by atoms with Crippen molar-refractivity contribution >= 4 is 11.9 Å². The first-order chi connectivity index (χ1) is 7.99. The lowest BCUT2D eigenvalue weighted by atomic mass is 9.94. The number of piperidine rings is 1. The van der Waals surface area contributed by atoms with Crippen LogP contribution in [0.3, 0.4) is 0 Å². The summed E-state index contributed by atoms with van der Waals surface area (Å²) in [6.07, 6.45) is 1.83. The first-order valence-electron chi connectivity index (χ1n) is 6.10. The molecule has 0 aromatic carbocycles. The van der Waals surface area contributed by atoms with Gasteiger partial charge in [0, 0.05) is 19.5 Å². The molecule has 0 saturated carbocycles. The van der Waals surface area contributed by atoms with Gasteiger partial charge >= 0.3 is 5.97 Å². The molecule has 0 aromatic heterocycles. The van der Waals surface area contributed by atoms with Gasteiger partial charge in [-0.2, -0.15) is 0 Å². The quantitative estimate of drug-likeness (QED) is 0.786. The van der Waals surface area contributed by atoms with Gasteiger partial charge in [0.25, 0.3) is 0 Å². The molecular weight excluding hydrogens is 222 g/mol. The Balaban J connectivity index is 2.26. The highest BCUT2D eigenvalue weighted by molar-refractivity contribution is 5.77. The predicted molar refractivity (Wildman–Crippen MR) is 62.6 cm³/mol. The number of likely N-dealkylation sites (tertiary alicyclic amines) is 1. The number of nitrogens with zero attached hydrogens (tertiary/aromatic N) is 1. The molecule has 1 saturated heterocycles. The van der Waals surface area contributed by atoms with Crippen molar-refractivity contribution in [1.29, 1.82) is 0 Å². The summed E-state index contributed by atoms with van der Waals surface area (Å²) in [5, 5.41) is 8.69. The third kappa shape index (κ3) is 5.17. The molecular formula is C12H21NO4. The van der Waals surface area contributed by atoms with E-state index in [-0.39, 0.29) is 31.0 Å². The summed E-state index contributed by atoms with van der Waals surface area (Å²) in [5.74, 6) is -0.534. The van der Waals surface area contributed by atoms with Crippen molar-refractivity contribution in [3.8, 4) is 0 Å². The number of carbonyl (C=O) groups excluding carboxylic acids is 1. The van der Waals surface area contributed by atoms with E-state index in [4.69, 9.17) is 9.84 Å². The number of carboxylic acids is 1. The third-order valence-corrected chi connectivity index (χ3v) is 2.97. The second-order valence-electron chi connectivity index (χ2n) is 4.78. The molecule has 0 aliphatic carbocycles. The van der Waals surface area contributed by atoms with Crippen LogP contribution in [0, 0.1) is 5.92 Å². The maximum atomic E-state index is 11.7. The number of amides is 1. The van der Waals surface area contributed by atoms with Crippen LogP contribution in [0.15, 0.2) is 0 Å². The number of hydrogen-bond acceptors (Lipinski definition) is 3. The van der Waals surface area contributed by atoms with Gasteiger partial charge < -0.3 is 14.7 Å². The Morgan fingerprint density at radius 2 is 1.94 bits per heavy atom. The minimum Gasteiger partial charge on any atom is -0.481 e. The maximum Gasteiger partial charge on any atom is 0.303 e. The van der Waals surface area contributed by atoms with Crippen molar-refractivity contribution in [3.05, 3.63) is 0 Å². The van der Waals surface area contributed by atoms with Crippen molar-refractivity contribution in [2.45, 2.75) is 39.2 Å². The number of carboxylic acid groups (broad SMARTS) is 1. The van der Waals surface area contributed by atoms with Crippen molar-refractivity contribution < 1.29 is 19.4 Å². The van der Waals surface area contributed by atoms with Gasteiger partial charge in [-0.1, -0.05) is 0 Å². The summed E-state index contributed by atoms with van der Waals surface area (Å²) >= 11 is 0. The van der Waals surface area contributed by atoms with E-state index in [1.807, 2.05) is 13.8 Å². The summed E-state index contributed by atoms with van der Waals surface area (Å²) in [4.78, 5) is 24.0. The van der Waals surface area contributed by atoms with E-state index in [0.29, 0.717) is 13.1 Å². The van der Waals surface area contributed by atoms with E-state index < -0.39 is 5.97 Å². The number of hydrogen-bond donors (Lipinski definition) is 1. The van der Waals surface area contributed by atoms with Crippen LogP contribution in [0.4, 0.5) is 0 Å². The molecule has 0 bridgehead atoms. The topological polar surface area (TPSA) is 66.8 Å². The van der Waals surface area contributed by atoms with E-state index in [9.17, 15) is 9.59 Å². The average molecular weight is 243 g/mol. The molecule has 0 spiro atoms. The van der Waals surface area contributed by atoms with Gasteiger partial charge in [-0.15, -0.1) is 0 Å². The second kappa shape index (κ2) is 6.59. The molecule has 17 heavy (non-hydrogen) atoms. The van der Waals surface area contributed by atoms with Gasteiger partial charge in [0.15, 0.2) is 0 Å². The van der Waals surface area contributed by atoms with E-state index in [0.717, 1.165) is 12.8 Å². The zero-order valence-electron chi connectivity index (χ0n) is 10.5. The van der Waals surface area contributed by atoms with E-state index in [2.05, 4.69) is 0 Å². The van der Waals surface area contributed by atoms with E-state index in [1.54, 1.807) is 4.90 Å². The highest BCUT2D eigenvalue weighted by Crippen LogP contribution is 2.20. The number of ether oxygens (including phenoxy) is 1. The molecule has 0 aromatic rings. The Morgan fingerprint density at radius 3 is 2.41 bits per heavy atom. The molecule has 1 N–H and O–H groups in total. The smallest absolute Gasteiger partial charge is 0.303 e. The minimum atomic E-state index is -0.752. The molecule has 98 valence electrons. The van der Waals surface area contributed by atoms with Crippen LogP contribution in [0.1, 0.15) is 33.1 Å². The molecule has 1 fully saturated rings. The molecule has 1 aliphatic heterocycles. The maximum absolute atomic E-state index is 11.7. The highest BCUT2D eigenvalue weighted by atomic mass is 16.5. The van der Waals surface area contributed by atoms with Crippen molar-refractivity contribution in [3.63, 3.8) is 0 Å². The summed E-state index contributed by atoms with van der Waals surface area (Å²) < 4.78 is 5.26. The first-order valence-corrected chi connectivity index (χ1v) is 6.10. The fourth-order valence-electron chi connectivity index (χ4n) is 1.96. The summed E-state index contributed by atoms with van der Waals surface area (Å²) in [6, 6.07) is 0. The molecule has 1 amide bonds. The van der Waals surface area contributed by atoms with Gasteiger partial charge in [0.2, 0.25) is 5.91 Å². The van der Waals surface area contributed by atoms with Gasteiger partial charge in [-0.25, -0.2) is 0 Å². The highest BCUT2D eigenvalue weighted by Gasteiger charge is 2.24. The van der Waals surface area contributed by atoms with Crippen LogP contribution in [-0.2, 0) is 14.3 Å². The Labute approximate surface area is 102 Å². The van der Waals surface area contributed by atoms with E-state index in [1.165, 1.54) is 0 Å². The lowest BCUT2D eigenvalue weighted by Crippen LogP contribution is -2.41. The van der Waals surface area contributed by atoms with Gasteiger partial charge in [-0.3, -0.25) is 9.59 Å². The summed E-state index contributed by atoms with van der Waals surface area (Å²) in [6.45, 7) is 5.22. The Hall–Kier alpha value is -1.10. The van der Waals surface area contributed by atoms with Crippen LogP contribution < -0.4 is 0 Å². The Kier molecular flexibility index (Phi) is 5.41. The largest absolute Gasteiger partial charge is 0.481 e. The molecule has 0 radical (unpaired) electrons. The first kappa shape index (κ1) is 14.0.